The summed E-state index contributed by atoms with van der Waals surface area (Å²) in [6, 6.07) is 19.0. The number of fused-ring (bicyclic) bond motifs is 1. The summed E-state index contributed by atoms with van der Waals surface area (Å²) >= 11 is 0. The average molecular weight is 427 g/mol. The molecule has 2 aromatic carbocycles. The smallest absolute Gasteiger partial charge is 0.216 e. The van der Waals surface area contributed by atoms with E-state index in [-0.39, 0.29) is 0 Å². The number of hydrogen-bond donors (Lipinski definition) is 0. The topological polar surface area (TPSA) is 45.9 Å². The Kier molecular flexibility index (Phi) is 6.53. The Morgan fingerprint density at radius 2 is 1.87 bits per heavy atom. The maximum absolute atomic E-state index is 10.1. The molecule has 158 valence electrons. The van der Waals surface area contributed by atoms with E-state index in [1.807, 2.05) is 31.2 Å². The first-order valence-corrected chi connectivity index (χ1v) is 14.2. The van der Waals surface area contributed by atoms with Crippen LogP contribution in [0.2, 0.25) is 19.6 Å². The zero-order valence-corrected chi connectivity index (χ0v) is 20.3. The van der Waals surface area contributed by atoms with Crippen molar-refractivity contribution in [3.05, 3.63) is 70.8 Å². The third-order valence-corrected chi connectivity index (χ3v) is 6.26. The number of pyridine rings is 1. The second-order valence-electron chi connectivity index (χ2n) is 9.24. The van der Waals surface area contributed by atoms with E-state index in [1.54, 1.807) is 7.11 Å². The number of ether oxygens (including phenoxy) is 1. The molecular formula is C27H30N2OSi. The fourth-order valence-corrected chi connectivity index (χ4v) is 4.12. The largest absolute Gasteiger partial charge is 0.481 e. The van der Waals surface area contributed by atoms with Gasteiger partial charge < -0.3 is 4.74 Å². The van der Waals surface area contributed by atoms with Gasteiger partial charge in [-0.2, -0.15) is 5.26 Å². The van der Waals surface area contributed by atoms with Crippen molar-refractivity contribution in [1.82, 2.24) is 4.98 Å². The zero-order valence-electron chi connectivity index (χ0n) is 19.3. The molecule has 3 nitrogen and oxygen atoms in total. The molecule has 4 heteroatoms. The van der Waals surface area contributed by atoms with E-state index in [9.17, 15) is 5.26 Å². The van der Waals surface area contributed by atoms with Crippen molar-refractivity contribution < 1.29 is 4.74 Å². The molecule has 3 rings (SSSR count). The fourth-order valence-electron chi connectivity index (χ4n) is 3.60. The maximum Gasteiger partial charge on any atom is 0.216 e. The van der Waals surface area contributed by atoms with Gasteiger partial charge in [0.1, 0.15) is 8.07 Å². The highest BCUT2D eigenvalue weighted by molar-refractivity contribution is 6.83. The Morgan fingerprint density at radius 3 is 2.52 bits per heavy atom. The molecule has 0 saturated heterocycles. The van der Waals surface area contributed by atoms with Crippen LogP contribution in [0.3, 0.4) is 0 Å². The highest BCUT2D eigenvalue weighted by Gasteiger charge is 2.27. The van der Waals surface area contributed by atoms with Crippen molar-refractivity contribution in [2.45, 2.75) is 51.7 Å². The minimum absolute atomic E-state index is 0.613. The monoisotopic (exact) mass is 426 g/mol. The second kappa shape index (κ2) is 8.96. The second-order valence-corrected chi connectivity index (χ2v) is 14.0. The summed E-state index contributed by atoms with van der Waals surface area (Å²) in [6.45, 7) is 10.8. The molecule has 0 aliphatic heterocycles. The van der Waals surface area contributed by atoms with Gasteiger partial charge in [-0.3, -0.25) is 0 Å². The average Bonchev–Trinajstić information content (AvgIpc) is 2.76. The third-order valence-electron chi connectivity index (χ3n) is 5.38. The highest BCUT2D eigenvalue weighted by atomic mass is 28.3. The van der Waals surface area contributed by atoms with Crippen LogP contribution in [0.1, 0.15) is 36.1 Å². The summed E-state index contributed by atoms with van der Waals surface area (Å²) in [5.41, 5.74) is 7.76. The van der Waals surface area contributed by atoms with Gasteiger partial charge in [-0.05, 0) is 55.2 Å². The van der Waals surface area contributed by atoms with Gasteiger partial charge in [0.05, 0.1) is 24.1 Å². The lowest BCUT2D eigenvalue weighted by Crippen LogP contribution is -2.23. The van der Waals surface area contributed by atoms with E-state index in [1.165, 1.54) is 0 Å². The number of aromatic nitrogens is 1. The van der Waals surface area contributed by atoms with Gasteiger partial charge in [0.15, 0.2) is 0 Å². The number of rotatable bonds is 5. The van der Waals surface area contributed by atoms with Crippen molar-refractivity contribution >= 4 is 19.0 Å². The summed E-state index contributed by atoms with van der Waals surface area (Å²) in [6.07, 6.45) is 1.47. The molecule has 3 aromatic rings. The Balaban J connectivity index is 1.97. The summed E-state index contributed by atoms with van der Waals surface area (Å²) in [5.74, 6) is 3.97. The molecule has 0 radical (unpaired) electrons. The van der Waals surface area contributed by atoms with Crippen molar-refractivity contribution in [2.24, 2.45) is 0 Å². The van der Waals surface area contributed by atoms with Crippen molar-refractivity contribution in [2.75, 3.05) is 7.11 Å². The highest BCUT2D eigenvalue weighted by Crippen LogP contribution is 2.31. The molecule has 1 heterocycles. The van der Waals surface area contributed by atoms with E-state index in [4.69, 9.17) is 9.72 Å². The minimum Gasteiger partial charge on any atom is -0.481 e. The van der Waals surface area contributed by atoms with Gasteiger partial charge in [-0.1, -0.05) is 56.8 Å². The van der Waals surface area contributed by atoms with Crippen LogP contribution in [0, 0.1) is 22.8 Å². The molecule has 0 amide bonds. The molecule has 0 spiro atoms. The van der Waals surface area contributed by atoms with Crippen molar-refractivity contribution in [3.8, 4) is 23.4 Å². The van der Waals surface area contributed by atoms with Crippen LogP contribution in [-0.4, -0.2) is 20.2 Å². The molecule has 1 unspecified atom stereocenters. The SMILES string of the molecule is CCc1cc2ccc(C(C)(C#N)Cc3cccc(C#C[Si](C)(C)C)c3)cc2nc1OC. The summed E-state index contributed by atoms with van der Waals surface area (Å²) in [5, 5.41) is 11.2. The summed E-state index contributed by atoms with van der Waals surface area (Å²) in [7, 11) is 0.212. The Morgan fingerprint density at radius 1 is 1.10 bits per heavy atom. The molecule has 0 bridgehead atoms. The van der Waals surface area contributed by atoms with Crippen LogP contribution >= 0.6 is 0 Å². The van der Waals surface area contributed by atoms with E-state index < -0.39 is 13.5 Å². The first kappa shape index (κ1) is 22.6. The predicted molar refractivity (Wildman–Crippen MR) is 131 cm³/mol. The Labute approximate surface area is 187 Å². The zero-order chi connectivity index (χ0) is 22.6. The van der Waals surface area contributed by atoms with Crippen LogP contribution < -0.4 is 4.74 Å². The molecule has 1 aromatic heterocycles. The van der Waals surface area contributed by atoms with E-state index in [0.717, 1.165) is 39.6 Å². The van der Waals surface area contributed by atoms with Crippen LogP contribution in [0.15, 0.2) is 48.5 Å². The molecule has 0 fully saturated rings. The predicted octanol–water partition coefficient (Wildman–Crippen LogP) is 6.06. The third kappa shape index (κ3) is 5.34. The lowest BCUT2D eigenvalue weighted by molar-refractivity contribution is 0.395. The summed E-state index contributed by atoms with van der Waals surface area (Å²) < 4.78 is 5.47. The van der Waals surface area contributed by atoms with E-state index in [0.29, 0.717) is 12.3 Å². The first-order chi connectivity index (χ1) is 14.7. The maximum atomic E-state index is 10.1. The molecular weight excluding hydrogens is 396 g/mol. The molecule has 1 atom stereocenters. The lowest BCUT2D eigenvalue weighted by atomic mass is 9.78. The lowest BCUT2D eigenvalue weighted by Gasteiger charge is -2.23. The van der Waals surface area contributed by atoms with Gasteiger partial charge in [0.25, 0.3) is 0 Å². The molecule has 0 N–H and O–H groups in total. The number of aryl methyl sites for hydroxylation is 1. The normalized spacial score (nSPS) is 13.1. The number of nitriles is 1. The van der Waals surface area contributed by atoms with E-state index in [2.05, 4.69) is 68.4 Å². The van der Waals surface area contributed by atoms with Crippen LogP contribution in [-0.2, 0) is 18.3 Å². The Bertz CT molecular complexity index is 1210. The van der Waals surface area contributed by atoms with Crippen molar-refractivity contribution in [1.29, 1.82) is 5.26 Å². The van der Waals surface area contributed by atoms with Crippen LogP contribution in [0.5, 0.6) is 5.88 Å². The van der Waals surface area contributed by atoms with Gasteiger partial charge in [0.2, 0.25) is 5.88 Å². The molecule has 0 aliphatic rings. The minimum atomic E-state index is -1.44. The van der Waals surface area contributed by atoms with Crippen molar-refractivity contribution in [3.63, 3.8) is 0 Å². The first-order valence-electron chi connectivity index (χ1n) is 10.7. The van der Waals surface area contributed by atoms with Gasteiger partial charge >= 0.3 is 0 Å². The van der Waals surface area contributed by atoms with Crippen LogP contribution in [0.25, 0.3) is 10.9 Å². The molecule has 0 aliphatic carbocycles. The number of benzene rings is 2. The standard InChI is InChI=1S/C27H30N2OSi/c1-7-22-16-23-11-12-24(17-25(23)29-26(22)30-3)27(2,19-28)18-21-10-8-9-20(15-21)13-14-31(4,5)6/h8-12,15-17H,7,18H2,1-6H3. The number of nitrogens with zero attached hydrogens (tertiary/aromatic N) is 2. The van der Waals surface area contributed by atoms with Gasteiger partial charge in [0, 0.05) is 16.5 Å². The molecule has 0 saturated carbocycles. The molecule has 31 heavy (non-hydrogen) atoms. The number of methoxy groups -OCH3 is 1. The number of hydrogen-bond acceptors (Lipinski definition) is 3. The summed E-state index contributed by atoms with van der Waals surface area (Å²) in [4.78, 5) is 4.70. The van der Waals surface area contributed by atoms with Gasteiger partial charge in [-0.15, -0.1) is 5.54 Å². The fraction of sp³-hybridized carbons (Fsp3) is 0.333. The van der Waals surface area contributed by atoms with Crippen LogP contribution in [0.4, 0.5) is 0 Å². The van der Waals surface area contributed by atoms with E-state index >= 15 is 0 Å². The quantitative estimate of drug-likeness (QED) is 0.368. The Hall–Kier alpha value is -3.08. The van der Waals surface area contributed by atoms with Gasteiger partial charge in [-0.25, -0.2) is 4.98 Å².